The number of non-ortho nitro benzene ring substituents is 1. The van der Waals surface area contributed by atoms with Crippen LogP contribution in [0.3, 0.4) is 0 Å². The second kappa shape index (κ2) is 9.94. The number of nitro benzene ring substituents is 1. The molecule has 0 bridgehead atoms. The zero-order valence-corrected chi connectivity index (χ0v) is 18.8. The number of ether oxygens (including phenoxy) is 1. The number of methoxy groups -OCH3 is 1. The van der Waals surface area contributed by atoms with Gasteiger partial charge in [-0.1, -0.05) is 13.8 Å². The van der Waals surface area contributed by atoms with E-state index in [1.807, 2.05) is 13.8 Å². The van der Waals surface area contributed by atoms with Gasteiger partial charge in [0.05, 0.1) is 34.7 Å². The molecule has 0 unspecified atom stereocenters. The average Bonchev–Trinajstić information content (AvgIpc) is 3.14. The van der Waals surface area contributed by atoms with E-state index in [0.29, 0.717) is 34.8 Å². The van der Waals surface area contributed by atoms with Gasteiger partial charge in [-0.2, -0.15) is 5.10 Å². The highest BCUT2D eigenvalue weighted by atomic mass is 16.6. The van der Waals surface area contributed by atoms with Gasteiger partial charge >= 0.3 is 0 Å². The third-order valence-electron chi connectivity index (χ3n) is 4.89. The van der Waals surface area contributed by atoms with Gasteiger partial charge in [-0.05, 0) is 49.2 Å². The minimum absolute atomic E-state index is 0.0837. The maximum Gasteiger partial charge on any atom is 0.281 e. The first-order valence-corrected chi connectivity index (χ1v) is 10.3. The van der Waals surface area contributed by atoms with Crippen LogP contribution < -0.4 is 15.7 Å². The van der Waals surface area contributed by atoms with Crippen molar-refractivity contribution in [3.05, 3.63) is 74.6 Å². The van der Waals surface area contributed by atoms with E-state index in [2.05, 4.69) is 15.6 Å². The molecule has 1 aromatic heterocycles. The third-order valence-corrected chi connectivity index (χ3v) is 4.89. The zero-order valence-electron chi connectivity index (χ0n) is 18.8. The summed E-state index contributed by atoms with van der Waals surface area (Å²) in [5, 5.41) is 18.2. The van der Waals surface area contributed by atoms with Crippen molar-refractivity contribution in [3.63, 3.8) is 0 Å². The van der Waals surface area contributed by atoms with E-state index >= 15 is 0 Å². The molecular weight excluding hydrogens is 426 g/mol. The Balaban J connectivity index is 2.09. The fraction of sp³-hybridized carbons (Fsp3) is 0.261. The van der Waals surface area contributed by atoms with Crippen LogP contribution in [-0.4, -0.2) is 33.4 Å². The van der Waals surface area contributed by atoms with Crippen LogP contribution in [-0.2, 0) is 4.79 Å². The number of nitrogens with zero attached hydrogens (tertiary/aromatic N) is 3. The first-order valence-electron chi connectivity index (χ1n) is 10.3. The van der Waals surface area contributed by atoms with Gasteiger partial charge in [0, 0.05) is 24.1 Å². The molecule has 0 fully saturated rings. The van der Waals surface area contributed by atoms with Crippen LogP contribution in [0.15, 0.2) is 58.4 Å². The summed E-state index contributed by atoms with van der Waals surface area (Å²) in [4.78, 5) is 35.8. The van der Waals surface area contributed by atoms with Crippen molar-refractivity contribution in [3.8, 4) is 22.7 Å². The standard InChI is InChI=1S/C23H25N5O5/c1-14(2)13-20(29)25-24-15(3)21-22(16-5-11-19(33-4)12-6-16)26-27(23(21)30)17-7-9-18(10-8-17)28(31)32/h5-12,14,26H,13H2,1-4H3,(H,25,29)/b24-15+. The van der Waals surface area contributed by atoms with Crippen LogP contribution in [0.5, 0.6) is 5.75 Å². The summed E-state index contributed by atoms with van der Waals surface area (Å²) in [7, 11) is 1.56. The maximum atomic E-state index is 13.3. The topological polar surface area (TPSA) is 132 Å². The van der Waals surface area contributed by atoms with Crippen molar-refractivity contribution in [1.82, 2.24) is 15.2 Å². The number of hydrazone groups is 1. The number of aromatic amines is 1. The summed E-state index contributed by atoms with van der Waals surface area (Å²) >= 11 is 0. The van der Waals surface area contributed by atoms with Gasteiger partial charge in [-0.25, -0.2) is 10.1 Å². The van der Waals surface area contributed by atoms with Gasteiger partial charge in [-0.15, -0.1) is 0 Å². The van der Waals surface area contributed by atoms with Gasteiger partial charge in [0.1, 0.15) is 5.75 Å². The number of hydrogen-bond acceptors (Lipinski definition) is 6. The monoisotopic (exact) mass is 451 g/mol. The number of carbonyl (C=O) groups excluding carboxylic acids is 1. The highest BCUT2D eigenvalue weighted by Gasteiger charge is 2.20. The van der Waals surface area contributed by atoms with Crippen LogP contribution in [0.4, 0.5) is 5.69 Å². The highest BCUT2D eigenvalue weighted by molar-refractivity contribution is 6.04. The molecule has 33 heavy (non-hydrogen) atoms. The lowest BCUT2D eigenvalue weighted by Crippen LogP contribution is -2.24. The summed E-state index contributed by atoms with van der Waals surface area (Å²) in [6.45, 7) is 5.48. The number of benzene rings is 2. The van der Waals surface area contributed by atoms with Crippen molar-refractivity contribution in [2.45, 2.75) is 27.2 Å². The summed E-state index contributed by atoms with van der Waals surface area (Å²) in [5.74, 6) is 0.576. The van der Waals surface area contributed by atoms with Gasteiger partial charge in [0.15, 0.2) is 0 Å². The lowest BCUT2D eigenvalue weighted by Gasteiger charge is -2.06. The first kappa shape index (κ1) is 23.5. The molecule has 3 rings (SSSR count). The molecule has 10 nitrogen and oxygen atoms in total. The summed E-state index contributed by atoms with van der Waals surface area (Å²) < 4.78 is 6.49. The number of rotatable bonds is 8. The van der Waals surface area contributed by atoms with E-state index < -0.39 is 10.5 Å². The second-order valence-corrected chi connectivity index (χ2v) is 7.83. The number of aromatic nitrogens is 2. The Kier molecular flexibility index (Phi) is 7.07. The lowest BCUT2D eigenvalue weighted by atomic mass is 10.1. The van der Waals surface area contributed by atoms with Crippen molar-refractivity contribution in [2.75, 3.05) is 7.11 Å². The first-order chi connectivity index (χ1) is 15.7. The average molecular weight is 451 g/mol. The molecule has 0 spiro atoms. The molecule has 1 heterocycles. The Morgan fingerprint density at radius 2 is 1.82 bits per heavy atom. The van der Waals surface area contributed by atoms with Crippen molar-refractivity contribution in [2.24, 2.45) is 11.0 Å². The van der Waals surface area contributed by atoms with Crippen molar-refractivity contribution in [1.29, 1.82) is 0 Å². The number of amides is 1. The van der Waals surface area contributed by atoms with E-state index in [-0.39, 0.29) is 23.1 Å². The van der Waals surface area contributed by atoms with E-state index in [1.54, 1.807) is 38.3 Å². The van der Waals surface area contributed by atoms with E-state index in [1.165, 1.54) is 28.9 Å². The van der Waals surface area contributed by atoms with Gasteiger partial charge in [0.2, 0.25) is 5.91 Å². The maximum absolute atomic E-state index is 13.3. The van der Waals surface area contributed by atoms with Gasteiger partial charge < -0.3 is 4.74 Å². The number of nitro groups is 1. The fourth-order valence-electron chi connectivity index (χ4n) is 3.26. The molecule has 0 atom stereocenters. The van der Waals surface area contributed by atoms with Crippen LogP contribution in [0.2, 0.25) is 0 Å². The highest BCUT2D eigenvalue weighted by Crippen LogP contribution is 2.24. The number of carbonyl (C=O) groups is 1. The molecule has 0 saturated heterocycles. The quantitative estimate of drug-likeness (QED) is 0.307. The predicted octanol–water partition coefficient (Wildman–Crippen LogP) is 3.64. The van der Waals surface area contributed by atoms with Crippen molar-refractivity contribution >= 4 is 17.3 Å². The summed E-state index contributed by atoms with van der Waals surface area (Å²) in [5.41, 5.74) is 4.20. The van der Waals surface area contributed by atoms with E-state index in [9.17, 15) is 19.7 Å². The second-order valence-electron chi connectivity index (χ2n) is 7.83. The Morgan fingerprint density at radius 3 is 2.36 bits per heavy atom. The third kappa shape index (κ3) is 5.35. The van der Waals surface area contributed by atoms with E-state index in [0.717, 1.165) is 0 Å². The Bertz CT molecular complexity index is 1240. The smallest absolute Gasteiger partial charge is 0.281 e. The molecule has 3 aromatic rings. The fourth-order valence-corrected chi connectivity index (χ4v) is 3.26. The summed E-state index contributed by atoms with van der Waals surface area (Å²) in [6.07, 6.45) is 0.308. The van der Waals surface area contributed by atoms with E-state index in [4.69, 9.17) is 4.74 Å². The molecule has 0 saturated carbocycles. The largest absolute Gasteiger partial charge is 0.497 e. The Morgan fingerprint density at radius 1 is 1.18 bits per heavy atom. The number of hydrogen-bond donors (Lipinski definition) is 2. The minimum atomic E-state index is -0.508. The van der Waals surface area contributed by atoms with Crippen LogP contribution >= 0.6 is 0 Å². The predicted molar refractivity (Wildman–Crippen MR) is 125 cm³/mol. The lowest BCUT2D eigenvalue weighted by molar-refractivity contribution is -0.384. The number of nitrogens with one attached hydrogen (secondary N) is 2. The molecule has 0 aliphatic heterocycles. The van der Waals surface area contributed by atoms with Crippen LogP contribution in [0, 0.1) is 16.0 Å². The minimum Gasteiger partial charge on any atom is -0.497 e. The molecule has 0 radical (unpaired) electrons. The van der Waals surface area contributed by atoms with Crippen molar-refractivity contribution < 1.29 is 14.5 Å². The Hall–Kier alpha value is -4.21. The molecule has 2 N–H and O–H groups in total. The molecule has 1 amide bonds. The normalized spacial score (nSPS) is 11.5. The Labute approximate surface area is 190 Å². The SMILES string of the molecule is COc1ccc(-c2[nH]n(-c3ccc([N+](=O)[O-])cc3)c(=O)c2/C(C)=N/NC(=O)CC(C)C)cc1. The van der Waals surface area contributed by atoms with Crippen LogP contribution in [0.25, 0.3) is 16.9 Å². The molecule has 0 aliphatic rings. The van der Waals surface area contributed by atoms with Gasteiger partial charge in [0.25, 0.3) is 11.2 Å². The molecule has 172 valence electrons. The van der Waals surface area contributed by atoms with Gasteiger partial charge in [-0.3, -0.25) is 24.8 Å². The molecule has 0 aliphatic carbocycles. The molecule has 10 heteroatoms. The number of H-pyrrole nitrogens is 1. The zero-order chi connectivity index (χ0) is 24.1. The molecule has 2 aromatic carbocycles. The summed E-state index contributed by atoms with van der Waals surface area (Å²) in [6, 6.07) is 12.7. The van der Waals surface area contributed by atoms with Crippen LogP contribution in [0.1, 0.15) is 32.8 Å². The molecular formula is C23H25N5O5.